The number of hydrogen-bond acceptors (Lipinski definition) is 5. The maximum absolute atomic E-state index is 12.3. The average Bonchev–Trinajstić information content (AvgIpc) is 3.18. The molecule has 142 valence electrons. The van der Waals surface area contributed by atoms with E-state index in [2.05, 4.69) is 20.7 Å². The van der Waals surface area contributed by atoms with Crippen LogP contribution in [0.2, 0.25) is 10.0 Å². The van der Waals surface area contributed by atoms with Crippen molar-refractivity contribution < 1.29 is 9.72 Å². The minimum Gasteiger partial charge on any atom is -0.272 e. The van der Waals surface area contributed by atoms with Crippen molar-refractivity contribution in [3.8, 4) is 11.3 Å². The lowest BCUT2D eigenvalue weighted by Crippen LogP contribution is -2.19. The lowest BCUT2D eigenvalue weighted by molar-refractivity contribution is -0.384. The number of carbonyl (C=O) groups is 1. The highest BCUT2D eigenvalue weighted by atomic mass is 35.5. The fourth-order valence-corrected chi connectivity index (χ4v) is 2.64. The molecular weight excluding hydrogens is 405 g/mol. The standard InChI is InChI=1S/C18H13Cl2N5O3/c1-10(11-3-2-4-13(7-11)25(27)28)21-24-18(26)17-9-16(22-23-17)12-5-6-14(19)15(20)8-12/h2-9H,1H3,(H,22,23)(H,24,26)/b21-10-. The number of hydrogen-bond donors (Lipinski definition) is 2. The number of aromatic amines is 1. The Bertz CT molecular complexity index is 1090. The number of nitrogens with zero attached hydrogens (tertiary/aromatic N) is 3. The molecule has 1 heterocycles. The summed E-state index contributed by atoms with van der Waals surface area (Å²) in [4.78, 5) is 22.6. The third-order valence-corrected chi connectivity index (χ3v) is 4.58. The smallest absolute Gasteiger partial charge is 0.272 e. The van der Waals surface area contributed by atoms with Gasteiger partial charge in [-0.2, -0.15) is 10.2 Å². The normalized spacial score (nSPS) is 11.3. The van der Waals surface area contributed by atoms with Crippen LogP contribution in [0.4, 0.5) is 5.69 Å². The van der Waals surface area contributed by atoms with E-state index in [9.17, 15) is 14.9 Å². The maximum atomic E-state index is 12.3. The largest absolute Gasteiger partial charge is 0.289 e. The molecule has 3 aromatic rings. The van der Waals surface area contributed by atoms with Crippen molar-refractivity contribution in [2.45, 2.75) is 6.92 Å². The van der Waals surface area contributed by atoms with Crippen LogP contribution < -0.4 is 5.43 Å². The zero-order valence-electron chi connectivity index (χ0n) is 14.4. The molecule has 0 saturated carbocycles. The van der Waals surface area contributed by atoms with Gasteiger partial charge in [-0.05, 0) is 25.1 Å². The second kappa shape index (κ2) is 8.20. The molecule has 0 unspecified atom stereocenters. The van der Waals surface area contributed by atoms with Gasteiger partial charge in [0, 0.05) is 23.3 Å². The Morgan fingerprint density at radius 1 is 1.18 bits per heavy atom. The first-order valence-electron chi connectivity index (χ1n) is 7.95. The molecule has 0 spiro atoms. The Hall–Kier alpha value is -3.23. The molecule has 8 nitrogen and oxygen atoms in total. The summed E-state index contributed by atoms with van der Waals surface area (Å²) in [5, 5.41) is 22.4. The summed E-state index contributed by atoms with van der Waals surface area (Å²) < 4.78 is 0. The summed E-state index contributed by atoms with van der Waals surface area (Å²) >= 11 is 11.9. The third-order valence-electron chi connectivity index (χ3n) is 3.84. The number of nitro benzene ring substituents is 1. The summed E-state index contributed by atoms with van der Waals surface area (Å²) in [5.74, 6) is -0.511. The van der Waals surface area contributed by atoms with Gasteiger partial charge in [0.2, 0.25) is 0 Å². The number of nitrogens with one attached hydrogen (secondary N) is 2. The molecule has 0 aliphatic rings. The van der Waals surface area contributed by atoms with Crippen molar-refractivity contribution in [2.24, 2.45) is 5.10 Å². The Kier molecular flexibility index (Phi) is 5.72. The van der Waals surface area contributed by atoms with Gasteiger partial charge < -0.3 is 0 Å². The summed E-state index contributed by atoms with van der Waals surface area (Å²) in [6.45, 7) is 1.63. The third kappa shape index (κ3) is 4.36. The first kappa shape index (κ1) is 19.5. The number of aromatic nitrogens is 2. The zero-order valence-corrected chi connectivity index (χ0v) is 16.0. The fraction of sp³-hybridized carbons (Fsp3) is 0.0556. The molecule has 3 rings (SSSR count). The van der Waals surface area contributed by atoms with Gasteiger partial charge in [-0.1, -0.05) is 41.4 Å². The summed E-state index contributed by atoms with van der Waals surface area (Å²) in [5.41, 5.74) is 4.68. The number of amides is 1. The summed E-state index contributed by atoms with van der Waals surface area (Å²) in [6.07, 6.45) is 0. The van der Waals surface area contributed by atoms with Crippen LogP contribution in [0, 0.1) is 10.1 Å². The van der Waals surface area contributed by atoms with E-state index in [1.807, 2.05) is 0 Å². The monoisotopic (exact) mass is 417 g/mol. The van der Waals surface area contributed by atoms with Crippen LogP contribution in [0.3, 0.4) is 0 Å². The number of non-ortho nitro benzene ring substituents is 1. The molecule has 0 bridgehead atoms. The Balaban J connectivity index is 1.74. The quantitative estimate of drug-likeness (QED) is 0.362. The van der Waals surface area contributed by atoms with E-state index in [0.29, 0.717) is 32.6 Å². The molecule has 0 saturated heterocycles. The highest BCUT2D eigenvalue weighted by Crippen LogP contribution is 2.27. The van der Waals surface area contributed by atoms with Gasteiger partial charge in [0.25, 0.3) is 11.6 Å². The molecule has 0 radical (unpaired) electrons. The predicted octanol–water partition coefficient (Wildman–Crippen LogP) is 4.45. The van der Waals surface area contributed by atoms with E-state index in [-0.39, 0.29) is 11.4 Å². The van der Waals surface area contributed by atoms with E-state index in [0.717, 1.165) is 0 Å². The van der Waals surface area contributed by atoms with E-state index in [1.165, 1.54) is 12.1 Å². The van der Waals surface area contributed by atoms with E-state index in [4.69, 9.17) is 23.2 Å². The van der Waals surface area contributed by atoms with E-state index >= 15 is 0 Å². The maximum Gasteiger partial charge on any atom is 0.289 e. The van der Waals surface area contributed by atoms with E-state index < -0.39 is 10.8 Å². The van der Waals surface area contributed by atoms with Crippen LogP contribution in [0.15, 0.2) is 53.6 Å². The minimum absolute atomic E-state index is 0.0572. The lowest BCUT2D eigenvalue weighted by atomic mass is 10.1. The number of rotatable bonds is 5. The average molecular weight is 418 g/mol. The Labute approximate surface area is 169 Å². The highest BCUT2D eigenvalue weighted by molar-refractivity contribution is 6.42. The Morgan fingerprint density at radius 2 is 1.96 bits per heavy atom. The van der Waals surface area contributed by atoms with Crippen molar-refractivity contribution >= 4 is 40.5 Å². The van der Waals surface area contributed by atoms with Crippen LogP contribution in [0.5, 0.6) is 0 Å². The topological polar surface area (TPSA) is 113 Å². The van der Waals surface area contributed by atoms with Crippen LogP contribution in [0.1, 0.15) is 23.0 Å². The number of carbonyl (C=O) groups excluding carboxylic acids is 1. The van der Waals surface area contributed by atoms with Crippen molar-refractivity contribution in [1.82, 2.24) is 15.6 Å². The molecule has 28 heavy (non-hydrogen) atoms. The second-order valence-electron chi connectivity index (χ2n) is 5.74. The number of H-pyrrole nitrogens is 1. The molecule has 0 fully saturated rings. The van der Waals surface area contributed by atoms with Gasteiger partial charge >= 0.3 is 0 Å². The lowest BCUT2D eigenvalue weighted by Gasteiger charge is -2.02. The van der Waals surface area contributed by atoms with Gasteiger partial charge in [-0.15, -0.1) is 0 Å². The molecule has 2 N–H and O–H groups in total. The van der Waals surface area contributed by atoms with Crippen molar-refractivity contribution in [3.05, 3.63) is 79.9 Å². The molecule has 2 aromatic carbocycles. The SMILES string of the molecule is C/C(=N/NC(=O)c1cc(-c2ccc(Cl)c(Cl)c2)n[nH]1)c1cccc([N+](=O)[O-])c1. The molecule has 0 aliphatic heterocycles. The van der Waals surface area contributed by atoms with Crippen LogP contribution >= 0.6 is 23.2 Å². The van der Waals surface area contributed by atoms with Gasteiger partial charge in [0.05, 0.1) is 26.4 Å². The Morgan fingerprint density at radius 3 is 2.68 bits per heavy atom. The molecule has 0 atom stereocenters. The molecule has 0 aliphatic carbocycles. The van der Waals surface area contributed by atoms with Gasteiger partial charge in [-0.3, -0.25) is 20.0 Å². The molecule has 10 heteroatoms. The number of nitro groups is 1. The van der Waals surface area contributed by atoms with Gasteiger partial charge in [0.1, 0.15) is 5.69 Å². The number of hydrazone groups is 1. The highest BCUT2D eigenvalue weighted by Gasteiger charge is 2.12. The second-order valence-corrected chi connectivity index (χ2v) is 6.56. The van der Waals surface area contributed by atoms with Gasteiger partial charge in [-0.25, -0.2) is 5.43 Å². The first-order chi connectivity index (χ1) is 13.3. The van der Waals surface area contributed by atoms with Crippen LogP contribution in [0.25, 0.3) is 11.3 Å². The summed E-state index contributed by atoms with van der Waals surface area (Å²) in [7, 11) is 0. The van der Waals surface area contributed by atoms with Crippen LogP contribution in [-0.4, -0.2) is 26.7 Å². The van der Waals surface area contributed by atoms with Crippen molar-refractivity contribution in [3.63, 3.8) is 0 Å². The number of halogens is 2. The predicted molar refractivity (Wildman–Crippen MR) is 107 cm³/mol. The summed E-state index contributed by atoms with van der Waals surface area (Å²) in [6, 6.07) is 12.5. The first-order valence-corrected chi connectivity index (χ1v) is 8.71. The van der Waals surface area contributed by atoms with Crippen LogP contribution in [-0.2, 0) is 0 Å². The van der Waals surface area contributed by atoms with E-state index in [1.54, 1.807) is 43.3 Å². The molecule has 1 amide bonds. The fourth-order valence-electron chi connectivity index (χ4n) is 2.35. The van der Waals surface area contributed by atoms with Crippen molar-refractivity contribution in [1.29, 1.82) is 0 Å². The minimum atomic E-state index is -0.511. The number of benzene rings is 2. The zero-order chi connectivity index (χ0) is 20.3. The van der Waals surface area contributed by atoms with Crippen molar-refractivity contribution in [2.75, 3.05) is 0 Å². The molecule has 1 aromatic heterocycles. The molecular formula is C18H13Cl2N5O3. The van der Waals surface area contributed by atoms with Gasteiger partial charge in [0.15, 0.2) is 0 Å².